The molecular formula is C23H39NO. The van der Waals surface area contributed by atoms with E-state index in [4.69, 9.17) is 10.00 Å². The van der Waals surface area contributed by atoms with Crippen LogP contribution in [0.15, 0.2) is 12.2 Å². The number of allylic oxidation sites excluding steroid dienone is 2. The van der Waals surface area contributed by atoms with Crippen LogP contribution in [-0.4, -0.2) is 12.7 Å². The first-order valence-electron chi connectivity index (χ1n) is 11.0. The Hall–Kier alpha value is -0.810. The molecule has 0 aromatic rings. The summed E-state index contributed by atoms with van der Waals surface area (Å²) in [6.07, 6.45) is 23.2. The third kappa shape index (κ3) is 8.41. The molecule has 2 aliphatic rings. The van der Waals surface area contributed by atoms with Gasteiger partial charge in [0, 0.05) is 12.7 Å². The number of nitrogens with zero attached hydrogens (tertiary/aromatic N) is 1. The van der Waals surface area contributed by atoms with Crippen molar-refractivity contribution in [3.05, 3.63) is 12.2 Å². The van der Waals surface area contributed by atoms with Crippen LogP contribution < -0.4 is 0 Å². The van der Waals surface area contributed by atoms with Crippen molar-refractivity contribution in [2.45, 2.75) is 103 Å². The maximum Gasteiger partial charge on any atom is 0.0908 e. The van der Waals surface area contributed by atoms with E-state index in [0.717, 1.165) is 18.4 Å². The molecule has 0 aliphatic heterocycles. The lowest BCUT2D eigenvalue weighted by molar-refractivity contribution is -0.00663. The molecule has 0 aromatic carbocycles. The molecule has 2 saturated carbocycles. The summed E-state index contributed by atoms with van der Waals surface area (Å²) in [5, 5.41) is 8.62. The number of unbranched alkanes of at least 4 members (excludes halogenated alkanes) is 4. The van der Waals surface area contributed by atoms with Crippen LogP contribution in [0.4, 0.5) is 0 Å². The zero-order chi connectivity index (χ0) is 17.7. The van der Waals surface area contributed by atoms with Gasteiger partial charge in [0.05, 0.1) is 12.2 Å². The molecular weight excluding hydrogens is 306 g/mol. The molecule has 142 valence electrons. The minimum atomic E-state index is 0.475. The van der Waals surface area contributed by atoms with Gasteiger partial charge in [-0.3, -0.25) is 0 Å². The van der Waals surface area contributed by atoms with Crippen molar-refractivity contribution in [1.82, 2.24) is 0 Å². The fourth-order valence-corrected chi connectivity index (χ4v) is 4.62. The van der Waals surface area contributed by atoms with Gasteiger partial charge in [0.25, 0.3) is 0 Å². The number of rotatable bonds is 10. The summed E-state index contributed by atoms with van der Waals surface area (Å²) in [5.41, 5.74) is 0. The molecule has 0 atom stereocenters. The summed E-state index contributed by atoms with van der Waals surface area (Å²) >= 11 is 0. The lowest BCUT2D eigenvalue weighted by Gasteiger charge is -2.31. The Kier molecular flexibility index (Phi) is 10.3. The lowest BCUT2D eigenvalue weighted by atomic mass is 9.80. The van der Waals surface area contributed by atoms with E-state index in [-0.39, 0.29) is 0 Å². The Morgan fingerprint density at radius 3 is 2.24 bits per heavy atom. The lowest BCUT2D eigenvalue weighted by Crippen LogP contribution is -2.25. The zero-order valence-electron chi connectivity index (χ0n) is 16.4. The van der Waals surface area contributed by atoms with Crippen LogP contribution in [0, 0.1) is 29.1 Å². The summed E-state index contributed by atoms with van der Waals surface area (Å²) in [6.45, 7) is 3.29. The maximum atomic E-state index is 8.62. The van der Waals surface area contributed by atoms with Crippen LogP contribution in [0.25, 0.3) is 0 Å². The molecule has 0 aromatic heterocycles. The van der Waals surface area contributed by atoms with E-state index in [1.807, 2.05) is 0 Å². The molecule has 0 N–H and O–H groups in total. The first kappa shape index (κ1) is 20.5. The van der Waals surface area contributed by atoms with Crippen molar-refractivity contribution in [3.8, 4) is 6.07 Å². The van der Waals surface area contributed by atoms with Crippen LogP contribution in [-0.2, 0) is 4.74 Å². The summed E-state index contributed by atoms with van der Waals surface area (Å²) in [7, 11) is 0. The number of nitriles is 1. The van der Waals surface area contributed by atoms with E-state index >= 15 is 0 Å². The number of hydrogen-bond donors (Lipinski definition) is 0. The van der Waals surface area contributed by atoms with Gasteiger partial charge >= 0.3 is 0 Å². The highest BCUT2D eigenvalue weighted by Crippen LogP contribution is 2.33. The molecule has 0 saturated heterocycles. The first-order chi connectivity index (χ1) is 12.3. The zero-order valence-corrected chi connectivity index (χ0v) is 16.4. The smallest absolute Gasteiger partial charge is 0.0908 e. The summed E-state index contributed by atoms with van der Waals surface area (Å²) in [6, 6.07) is 2.11. The van der Waals surface area contributed by atoms with Crippen LogP contribution in [0.1, 0.15) is 96.8 Å². The highest BCUT2D eigenvalue weighted by atomic mass is 16.5. The van der Waals surface area contributed by atoms with Crippen molar-refractivity contribution in [3.63, 3.8) is 0 Å². The van der Waals surface area contributed by atoms with Gasteiger partial charge in [-0.25, -0.2) is 0 Å². The molecule has 2 heteroatoms. The second-order valence-corrected chi connectivity index (χ2v) is 8.45. The summed E-state index contributed by atoms with van der Waals surface area (Å²) in [5.74, 6) is 2.42. The van der Waals surface area contributed by atoms with Crippen LogP contribution in [0.3, 0.4) is 0 Å². The largest absolute Gasteiger partial charge is 0.378 e. The molecule has 2 rings (SSSR count). The highest BCUT2D eigenvalue weighted by Gasteiger charge is 2.24. The van der Waals surface area contributed by atoms with Crippen molar-refractivity contribution < 1.29 is 4.74 Å². The molecule has 0 heterocycles. The number of hydrogen-bond acceptors (Lipinski definition) is 2. The average Bonchev–Trinajstić information content (AvgIpc) is 2.66. The minimum Gasteiger partial charge on any atom is -0.378 e. The summed E-state index contributed by atoms with van der Waals surface area (Å²) < 4.78 is 6.25. The van der Waals surface area contributed by atoms with E-state index in [0.29, 0.717) is 12.0 Å². The maximum absolute atomic E-state index is 8.62. The molecule has 0 bridgehead atoms. The van der Waals surface area contributed by atoms with Gasteiger partial charge in [-0.05, 0) is 56.3 Å². The van der Waals surface area contributed by atoms with Crippen LogP contribution >= 0.6 is 0 Å². The monoisotopic (exact) mass is 345 g/mol. The molecule has 0 amide bonds. The van der Waals surface area contributed by atoms with Gasteiger partial charge in [0.1, 0.15) is 0 Å². The molecule has 0 unspecified atom stereocenters. The van der Waals surface area contributed by atoms with Gasteiger partial charge in [-0.1, -0.05) is 64.4 Å². The Morgan fingerprint density at radius 1 is 0.880 bits per heavy atom. The first-order valence-corrected chi connectivity index (χ1v) is 11.0. The van der Waals surface area contributed by atoms with Gasteiger partial charge in [-0.15, -0.1) is 0 Å². The van der Waals surface area contributed by atoms with Crippen molar-refractivity contribution in [2.24, 2.45) is 17.8 Å². The van der Waals surface area contributed by atoms with Crippen molar-refractivity contribution >= 4 is 0 Å². The number of ether oxygens (including phenoxy) is 1. The Bertz CT molecular complexity index is 395. The predicted molar refractivity (Wildman–Crippen MR) is 105 cm³/mol. The predicted octanol–water partition coefficient (Wildman–Crippen LogP) is 6.81. The molecule has 2 aliphatic carbocycles. The topological polar surface area (TPSA) is 33.0 Å². The second-order valence-electron chi connectivity index (χ2n) is 8.45. The molecule has 25 heavy (non-hydrogen) atoms. The molecule has 2 fully saturated rings. The minimum absolute atomic E-state index is 0.475. The summed E-state index contributed by atoms with van der Waals surface area (Å²) in [4.78, 5) is 0. The van der Waals surface area contributed by atoms with E-state index in [1.165, 1.54) is 89.9 Å². The van der Waals surface area contributed by atoms with Crippen molar-refractivity contribution in [2.75, 3.05) is 6.61 Å². The van der Waals surface area contributed by atoms with Gasteiger partial charge < -0.3 is 4.74 Å². The van der Waals surface area contributed by atoms with Crippen molar-refractivity contribution in [1.29, 1.82) is 5.26 Å². The third-order valence-corrected chi connectivity index (χ3v) is 6.41. The Morgan fingerprint density at radius 2 is 1.56 bits per heavy atom. The van der Waals surface area contributed by atoms with Gasteiger partial charge in [0.2, 0.25) is 0 Å². The molecule has 0 spiro atoms. The highest BCUT2D eigenvalue weighted by molar-refractivity contribution is 5.04. The quantitative estimate of drug-likeness (QED) is 0.322. The fourth-order valence-electron chi connectivity index (χ4n) is 4.62. The molecule has 0 radical (unpaired) electrons. The van der Waals surface area contributed by atoms with E-state index < -0.39 is 0 Å². The Balaban J connectivity index is 1.50. The average molecular weight is 346 g/mol. The second kappa shape index (κ2) is 12.5. The molecule has 2 nitrogen and oxygen atoms in total. The van der Waals surface area contributed by atoms with E-state index in [9.17, 15) is 0 Å². The fraction of sp³-hybridized carbons (Fsp3) is 0.870. The van der Waals surface area contributed by atoms with Gasteiger partial charge in [-0.2, -0.15) is 5.26 Å². The van der Waals surface area contributed by atoms with Gasteiger partial charge in [0.15, 0.2) is 0 Å². The van der Waals surface area contributed by atoms with E-state index in [2.05, 4.69) is 19.1 Å². The van der Waals surface area contributed by atoms with Crippen LogP contribution in [0.2, 0.25) is 0 Å². The normalized spacial score (nSPS) is 30.4. The third-order valence-electron chi connectivity index (χ3n) is 6.41. The SMILES string of the molecule is CCCCCCC[C@H]1CC[C@H](CO[C@H]2CC[C@H](/C=C/C#N)CC2)CC1. The standard InChI is InChI=1S/C23H39NO/c1-2-3-4-5-6-8-20-10-12-22(13-11-20)19-25-23-16-14-21(15-17-23)9-7-18-24/h7,9,20-23H,2-6,8,10-17,19H2,1H3/b9-7+/t20-,21-,22-,23-. The van der Waals surface area contributed by atoms with E-state index in [1.54, 1.807) is 6.08 Å². The van der Waals surface area contributed by atoms with Crippen LogP contribution in [0.5, 0.6) is 0 Å². The Labute approximate surface area is 156 Å².